The molecule has 0 aromatic heterocycles. The van der Waals surface area contributed by atoms with E-state index >= 15 is 0 Å². The van der Waals surface area contributed by atoms with Crippen molar-refractivity contribution in [1.82, 2.24) is 0 Å². The molecule has 0 N–H and O–H groups in total. The van der Waals surface area contributed by atoms with Crippen LogP contribution in [0, 0.1) is 5.82 Å². The smallest absolute Gasteiger partial charge is 0.131 e. The van der Waals surface area contributed by atoms with Crippen molar-refractivity contribution >= 4 is 13.2 Å². The van der Waals surface area contributed by atoms with E-state index in [0.29, 0.717) is 0 Å². The summed E-state index contributed by atoms with van der Waals surface area (Å²) in [4.78, 5) is 0. The van der Waals surface area contributed by atoms with E-state index in [9.17, 15) is 4.39 Å². The number of benzene rings is 1. The monoisotopic (exact) mass is 186 g/mol. The van der Waals surface area contributed by atoms with Crippen molar-refractivity contribution in [2.75, 3.05) is 20.4 Å². The first-order valence-electron chi connectivity index (χ1n) is 3.66. The third-order valence-electron chi connectivity index (χ3n) is 1.64. The van der Waals surface area contributed by atoms with Gasteiger partial charge in [-0.2, -0.15) is 0 Å². The summed E-state index contributed by atoms with van der Waals surface area (Å²) < 4.78 is 18.1. The predicted molar refractivity (Wildman–Crippen MR) is 51.4 cm³/mol. The first-order chi connectivity index (χ1) is 5.65. The van der Waals surface area contributed by atoms with E-state index < -0.39 is 7.92 Å². The molecule has 0 bridgehead atoms. The fourth-order valence-corrected chi connectivity index (χ4v) is 1.85. The van der Waals surface area contributed by atoms with E-state index in [0.717, 1.165) is 11.1 Å². The van der Waals surface area contributed by atoms with Gasteiger partial charge in [0.05, 0.1) is 7.11 Å². The van der Waals surface area contributed by atoms with Crippen molar-refractivity contribution in [3.05, 3.63) is 24.0 Å². The molecule has 0 heterocycles. The highest BCUT2D eigenvalue weighted by Gasteiger charge is 2.06. The second kappa shape index (κ2) is 3.86. The van der Waals surface area contributed by atoms with Crippen molar-refractivity contribution in [2.45, 2.75) is 0 Å². The normalized spacial score (nSPS) is 10.4. The zero-order valence-corrected chi connectivity index (χ0v) is 8.36. The number of hydrogen-bond acceptors (Lipinski definition) is 1. The summed E-state index contributed by atoms with van der Waals surface area (Å²) in [5, 5.41) is 0.768. The van der Waals surface area contributed by atoms with Crippen LogP contribution in [-0.4, -0.2) is 20.4 Å². The van der Waals surface area contributed by atoms with Gasteiger partial charge in [-0.25, -0.2) is 4.39 Å². The molecule has 0 saturated heterocycles. The fraction of sp³-hybridized carbons (Fsp3) is 0.333. The Labute approximate surface area is 73.3 Å². The SMILES string of the molecule is COc1ccc(F)c(P(C)C)c1. The highest BCUT2D eigenvalue weighted by molar-refractivity contribution is 7.64. The molecule has 0 radical (unpaired) electrons. The van der Waals surface area contributed by atoms with Crippen LogP contribution < -0.4 is 10.0 Å². The number of ether oxygens (including phenoxy) is 1. The molecule has 0 unspecified atom stereocenters. The molecular formula is C9H12FOP. The number of methoxy groups -OCH3 is 1. The van der Waals surface area contributed by atoms with E-state index in [4.69, 9.17) is 4.74 Å². The predicted octanol–water partition coefficient (Wildman–Crippen LogP) is 2.20. The van der Waals surface area contributed by atoms with Crippen LogP contribution in [0.4, 0.5) is 4.39 Å². The van der Waals surface area contributed by atoms with Gasteiger partial charge >= 0.3 is 0 Å². The Morgan fingerprint density at radius 1 is 1.33 bits per heavy atom. The minimum atomic E-state index is -0.393. The Hall–Kier alpha value is -0.620. The van der Waals surface area contributed by atoms with Crippen LogP contribution in [0.2, 0.25) is 0 Å². The van der Waals surface area contributed by atoms with Gasteiger partial charge in [-0.05, 0) is 31.5 Å². The van der Waals surface area contributed by atoms with Crippen LogP contribution in [0.3, 0.4) is 0 Å². The molecule has 1 aromatic rings. The maximum absolute atomic E-state index is 13.1. The summed E-state index contributed by atoms with van der Waals surface area (Å²) in [5.74, 6) is 0.592. The number of hydrogen-bond donors (Lipinski definition) is 0. The summed E-state index contributed by atoms with van der Waals surface area (Å²) >= 11 is 0. The van der Waals surface area contributed by atoms with Gasteiger partial charge in [0.15, 0.2) is 0 Å². The Balaban J connectivity index is 3.08. The summed E-state index contributed by atoms with van der Waals surface area (Å²) in [6, 6.07) is 4.86. The fourth-order valence-electron chi connectivity index (χ4n) is 0.962. The second-order valence-corrected chi connectivity index (χ2v) is 4.98. The molecule has 0 aliphatic carbocycles. The Kier molecular flexibility index (Phi) is 3.05. The quantitative estimate of drug-likeness (QED) is 0.643. The first-order valence-corrected chi connectivity index (χ1v) is 5.89. The Morgan fingerprint density at radius 2 is 2.00 bits per heavy atom. The molecule has 0 atom stereocenters. The van der Waals surface area contributed by atoms with Crippen LogP contribution in [0.1, 0.15) is 0 Å². The van der Waals surface area contributed by atoms with E-state index in [1.807, 2.05) is 13.3 Å². The number of halogens is 1. The minimum Gasteiger partial charge on any atom is -0.497 e. The standard InChI is InChI=1S/C9H12FOP/c1-11-7-4-5-8(10)9(6-7)12(2)3/h4-6H,1-3H3. The lowest BCUT2D eigenvalue weighted by atomic mass is 10.3. The average Bonchev–Trinajstić information content (AvgIpc) is 2.05. The third kappa shape index (κ3) is 1.95. The van der Waals surface area contributed by atoms with Crippen molar-refractivity contribution in [1.29, 1.82) is 0 Å². The number of rotatable bonds is 2. The largest absolute Gasteiger partial charge is 0.497 e. The van der Waals surface area contributed by atoms with Crippen LogP contribution in [-0.2, 0) is 0 Å². The van der Waals surface area contributed by atoms with E-state index in [-0.39, 0.29) is 5.82 Å². The highest BCUT2D eigenvalue weighted by atomic mass is 31.1. The molecule has 12 heavy (non-hydrogen) atoms. The highest BCUT2D eigenvalue weighted by Crippen LogP contribution is 2.27. The third-order valence-corrected chi connectivity index (χ3v) is 2.94. The zero-order valence-electron chi connectivity index (χ0n) is 7.47. The van der Waals surface area contributed by atoms with E-state index in [1.54, 1.807) is 19.2 Å². The molecule has 1 rings (SSSR count). The first kappa shape index (κ1) is 9.47. The summed E-state index contributed by atoms with van der Waals surface area (Å²) in [5.41, 5.74) is 0. The molecule has 3 heteroatoms. The van der Waals surface area contributed by atoms with Gasteiger partial charge in [0, 0.05) is 5.30 Å². The van der Waals surface area contributed by atoms with Gasteiger partial charge in [0.2, 0.25) is 0 Å². The van der Waals surface area contributed by atoms with E-state index in [1.165, 1.54) is 6.07 Å². The lowest BCUT2D eigenvalue weighted by molar-refractivity contribution is 0.414. The molecule has 0 amide bonds. The maximum Gasteiger partial charge on any atom is 0.131 e. The molecule has 66 valence electrons. The van der Waals surface area contributed by atoms with Gasteiger partial charge in [-0.15, -0.1) is 0 Å². The van der Waals surface area contributed by atoms with Crippen molar-refractivity contribution < 1.29 is 9.13 Å². The maximum atomic E-state index is 13.1. The molecule has 0 aliphatic heterocycles. The molecule has 1 nitrogen and oxygen atoms in total. The summed E-state index contributed by atoms with van der Waals surface area (Å²) in [6.45, 7) is 4.04. The zero-order chi connectivity index (χ0) is 9.14. The molecular weight excluding hydrogens is 174 g/mol. The van der Waals surface area contributed by atoms with Gasteiger partial charge in [0.1, 0.15) is 11.6 Å². The van der Waals surface area contributed by atoms with Crippen molar-refractivity contribution in [2.24, 2.45) is 0 Å². The molecule has 1 aromatic carbocycles. The van der Waals surface area contributed by atoms with E-state index in [2.05, 4.69) is 0 Å². The molecule has 0 spiro atoms. The van der Waals surface area contributed by atoms with Crippen molar-refractivity contribution in [3.63, 3.8) is 0 Å². The Morgan fingerprint density at radius 3 is 2.50 bits per heavy atom. The average molecular weight is 186 g/mol. The molecule has 0 saturated carbocycles. The van der Waals surface area contributed by atoms with Crippen LogP contribution >= 0.6 is 7.92 Å². The van der Waals surface area contributed by atoms with Crippen LogP contribution in [0.25, 0.3) is 0 Å². The second-order valence-electron chi connectivity index (χ2n) is 2.71. The topological polar surface area (TPSA) is 9.23 Å². The van der Waals surface area contributed by atoms with Gasteiger partial charge < -0.3 is 4.74 Å². The van der Waals surface area contributed by atoms with Gasteiger partial charge in [0.25, 0.3) is 0 Å². The van der Waals surface area contributed by atoms with Crippen molar-refractivity contribution in [3.8, 4) is 5.75 Å². The lowest BCUT2D eigenvalue weighted by Crippen LogP contribution is -2.05. The van der Waals surface area contributed by atoms with Gasteiger partial charge in [-0.3, -0.25) is 0 Å². The minimum absolute atomic E-state index is 0.132. The van der Waals surface area contributed by atoms with Crippen LogP contribution in [0.15, 0.2) is 18.2 Å². The Bertz CT molecular complexity index is 273. The lowest BCUT2D eigenvalue weighted by Gasteiger charge is -2.08. The molecule has 0 aliphatic rings. The molecule has 0 fully saturated rings. The summed E-state index contributed by atoms with van der Waals surface area (Å²) in [6.07, 6.45) is 0. The van der Waals surface area contributed by atoms with Crippen LogP contribution in [0.5, 0.6) is 5.75 Å². The summed E-state index contributed by atoms with van der Waals surface area (Å²) in [7, 11) is 1.19. The van der Waals surface area contributed by atoms with Gasteiger partial charge in [-0.1, -0.05) is 7.92 Å².